The second-order valence-electron chi connectivity index (χ2n) is 16.1. The third kappa shape index (κ3) is 8.62. The molecule has 4 aliphatic rings. The van der Waals surface area contributed by atoms with Crippen molar-refractivity contribution in [3.05, 3.63) is 52.8 Å². The lowest BCUT2D eigenvalue weighted by Gasteiger charge is -2.37. The van der Waals surface area contributed by atoms with Crippen molar-refractivity contribution in [3.63, 3.8) is 0 Å². The van der Waals surface area contributed by atoms with E-state index in [1.807, 2.05) is 7.05 Å². The topological polar surface area (TPSA) is 220 Å². The summed E-state index contributed by atoms with van der Waals surface area (Å²) in [4.78, 5) is 43.6. The average molecular weight is 823 g/mol. The minimum Gasteiger partial charge on any atom is -0.507 e. The van der Waals surface area contributed by atoms with Gasteiger partial charge in [0.05, 0.1) is 66.0 Å². The molecule has 2 aromatic rings. The number of aromatic hydroxyl groups is 3. The van der Waals surface area contributed by atoms with Gasteiger partial charge in [-0.05, 0) is 38.8 Å². The van der Waals surface area contributed by atoms with Crippen LogP contribution in [0.15, 0.2) is 41.2 Å². The van der Waals surface area contributed by atoms with E-state index in [9.17, 15) is 39.9 Å². The molecule has 4 heterocycles. The first-order valence-corrected chi connectivity index (χ1v) is 19.7. The van der Waals surface area contributed by atoms with Gasteiger partial charge in [-0.3, -0.25) is 19.4 Å². The zero-order valence-corrected chi connectivity index (χ0v) is 35.3. The normalized spacial score (nSPS) is 32.1. The summed E-state index contributed by atoms with van der Waals surface area (Å²) in [6.45, 7) is 13.8. The number of aliphatic hydroxyl groups excluding tert-OH is 2. The lowest BCUT2D eigenvalue weighted by Crippen LogP contribution is -2.45. The summed E-state index contributed by atoms with van der Waals surface area (Å²) in [6.07, 6.45) is 5.65. The Hall–Kier alpha value is -5.16. The van der Waals surface area contributed by atoms with E-state index in [1.54, 1.807) is 44.9 Å². The second-order valence-corrected chi connectivity index (χ2v) is 16.1. The molecule has 4 aliphatic heterocycles. The molecule has 2 aromatic carbocycles. The first-order chi connectivity index (χ1) is 27.8. The summed E-state index contributed by atoms with van der Waals surface area (Å²) in [5.41, 5.74) is -0.364. The van der Waals surface area contributed by atoms with E-state index in [4.69, 9.17) is 18.9 Å². The summed E-state index contributed by atoms with van der Waals surface area (Å²) in [6, 6.07) is 0. The van der Waals surface area contributed by atoms with Gasteiger partial charge in [0, 0.05) is 68.6 Å². The Morgan fingerprint density at radius 1 is 0.932 bits per heavy atom. The van der Waals surface area contributed by atoms with Crippen LogP contribution in [0.3, 0.4) is 0 Å². The van der Waals surface area contributed by atoms with E-state index in [-0.39, 0.29) is 44.5 Å². The molecular weight excluding hydrogens is 764 g/mol. The number of hydrogen-bond donors (Lipinski definition) is 6. The highest BCUT2D eigenvalue weighted by atomic mass is 16.7. The molecule has 0 spiro atoms. The van der Waals surface area contributed by atoms with Crippen LogP contribution in [0, 0.1) is 36.5 Å². The fourth-order valence-electron chi connectivity index (χ4n) is 8.12. The van der Waals surface area contributed by atoms with Gasteiger partial charge in [0.2, 0.25) is 0 Å². The van der Waals surface area contributed by atoms with Gasteiger partial charge in [-0.15, -0.1) is 0 Å². The molecule has 6 N–H and O–H groups in total. The lowest BCUT2D eigenvalue weighted by atomic mass is 9.73. The summed E-state index contributed by atoms with van der Waals surface area (Å²) in [5.74, 6) is -9.41. The van der Waals surface area contributed by atoms with Crippen LogP contribution in [0.1, 0.15) is 63.0 Å². The molecule has 322 valence electrons. The van der Waals surface area contributed by atoms with Crippen LogP contribution in [0.25, 0.3) is 10.8 Å². The molecular formula is C43H58N4O12. The number of nitrogens with one attached hydrogen (secondary N) is 1. The maximum Gasteiger partial charge on any atom is 0.312 e. The maximum absolute atomic E-state index is 14.4. The number of anilines is 1. The summed E-state index contributed by atoms with van der Waals surface area (Å²) in [5, 5.41) is 66.9. The number of aliphatic hydroxyl groups is 2. The van der Waals surface area contributed by atoms with Crippen LogP contribution in [-0.2, 0) is 23.8 Å². The van der Waals surface area contributed by atoms with E-state index in [1.165, 1.54) is 59.6 Å². The van der Waals surface area contributed by atoms with Gasteiger partial charge in [-0.2, -0.15) is 5.10 Å². The number of methoxy groups -OCH3 is 2. The van der Waals surface area contributed by atoms with Crippen molar-refractivity contribution in [1.29, 1.82) is 0 Å². The fraction of sp³-hybridized carbons (Fsp3) is 0.535. The number of hydrazone groups is 1. The van der Waals surface area contributed by atoms with Crippen LogP contribution < -0.4 is 10.1 Å². The monoisotopic (exact) mass is 822 g/mol. The van der Waals surface area contributed by atoms with Gasteiger partial charge >= 0.3 is 11.8 Å². The molecule has 6 rings (SSSR count). The number of fused-ring (bicyclic) bond motifs is 14. The Morgan fingerprint density at radius 2 is 1.59 bits per heavy atom. The zero-order chi connectivity index (χ0) is 43.7. The number of ether oxygens (including phenoxy) is 4. The minimum atomic E-state index is -2.05. The number of allylic oxidation sites excluding steroid dienone is 2. The van der Waals surface area contributed by atoms with Crippen LogP contribution in [0.4, 0.5) is 5.69 Å². The molecule has 59 heavy (non-hydrogen) atoms. The highest BCUT2D eigenvalue weighted by Crippen LogP contribution is 2.55. The van der Waals surface area contributed by atoms with E-state index in [0.29, 0.717) is 13.1 Å². The van der Waals surface area contributed by atoms with Crippen LogP contribution in [0.5, 0.6) is 23.0 Å². The lowest BCUT2D eigenvalue weighted by molar-refractivity contribution is -0.155. The zero-order valence-electron chi connectivity index (χ0n) is 35.3. The Morgan fingerprint density at radius 3 is 2.22 bits per heavy atom. The van der Waals surface area contributed by atoms with Crippen LogP contribution in [0.2, 0.25) is 0 Å². The van der Waals surface area contributed by atoms with Gasteiger partial charge < -0.3 is 54.7 Å². The largest absolute Gasteiger partial charge is 0.507 e. The molecule has 9 atom stereocenters. The molecule has 1 fully saturated rings. The van der Waals surface area contributed by atoms with Crippen molar-refractivity contribution >= 4 is 40.3 Å². The quantitative estimate of drug-likeness (QED) is 0.110. The number of phenolic OH excluding ortho intramolecular Hbond substituents is 3. The Kier molecular flexibility index (Phi) is 13.7. The predicted octanol–water partition coefficient (Wildman–Crippen LogP) is 4.19. The van der Waals surface area contributed by atoms with Gasteiger partial charge in [0.1, 0.15) is 17.2 Å². The standard InChI is InChI=1S/C43H58N4O12/c1-21-12-11-13-22(2)41(54)45-33-27(20-44-47-17-15-46(8)16-18-47)37(51)30-31(38(33)52)36(50)26(6)39-32(30)40(53)43(7,59-39)58-19-14-28(56-9)23(3)29(42(55)57-10)24(4)35(49)25(5)34(21)48/h11-14,19-21,23-25,28-29,34-35,48-52H,15-18H2,1-10H3,(H,45,54)/b12-11+,19-14+,22-13-,44-20-/t21-,23+,24-,25-,28+,29+,34-,35-,43-/m0/s1. The van der Waals surface area contributed by atoms with E-state index in [0.717, 1.165) is 13.1 Å². The number of amides is 1. The maximum atomic E-state index is 14.4. The van der Waals surface area contributed by atoms with Gasteiger partial charge in [-0.25, -0.2) is 0 Å². The Bertz CT molecular complexity index is 2070. The van der Waals surface area contributed by atoms with Gasteiger partial charge in [-0.1, -0.05) is 45.9 Å². The molecule has 0 saturated carbocycles. The van der Waals surface area contributed by atoms with E-state index < -0.39 is 88.6 Å². The number of hydrogen-bond acceptors (Lipinski definition) is 15. The number of phenols is 3. The van der Waals surface area contributed by atoms with Crippen molar-refractivity contribution < 1.29 is 58.9 Å². The van der Waals surface area contributed by atoms with Crippen molar-refractivity contribution in [2.75, 3.05) is 52.8 Å². The summed E-state index contributed by atoms with van der Waals surface area (Å²) >= 11 is 0. The van der Waals surface area contributed by atoms with Crippen molar-refractivity contribution in [1.82, 2.24) is 9.91 Å². The summed E-state index contributed by atoms with van der Waals surface area (Å²) < 4.78 is 23.0. The number of carbonyl (C=O) groups excluding carboxylic acids is 3. The molecule has 5 bridgehead atoms. The summed E-state index contributed by atoms with van der Waals surface area (Å²) in [7, 11) is 4.65. The molecule has 16 nitrogen and oxygen atoms in total. The number of ketones is 1. The average Bonchev–Trinajstić information content (AvgIpc) is 3.47. The van der Waals surface area contributed by atoms with Crippen molar-refractivity contribution in [2.24, 2.45) is 34.7 Å². The Labute approximate surface area is 344 Å². The highest BCUT2D eigenvalue weighted by molar-refractivity contribution is 6.23. The molecule has 0 aliphatic carbocycles. The third-order valence-electron chi connectivity index (χ3n) is 12.1. The fourth-order valence-corrected chi connectivity index (χ4v) is 8.12. The number of piperazine rings is 1. The smallest absolute Gasteiger partial charge is 0.312 e. The van der Waals surface area contributed by atoms with Crippen LogP contribution in [-0.4, -0.2) is 131 Å². The SMILES string of the molecule is COC(=O)[C@H]1[C@H](C)[C@H](O)[C@@H](C)[C@@H](O)[C@@H](C)/C=C/C=C(/C)C(=O)Nc2c(/C=N\N3CCN(C)CC3)c(O)c3c4c(c(C)c(O)c3c2O)O[C@](C)(O/C=C/[C@@H](OC)[C@H]1C)C4=O. The molecule has 0 aromatic heterocycles. The number of carbonyl (C=O) groups is 3. The van der Waals surface area contributed by atoms with Crippen molar-refractivity contribution in [3.8, 4) is 23.0 Å². The number of benzene rings is 2. The Balaban J connectivity index is 1.71. The molecule has 0 radical (unpaired) electrons. The number of esters is 1. The predicted molar refractivity (Wildman–Crippen MR) is 220 cm³/mol. The first-order valence-electron chi connectivity index (χ1n) is 19.7. The first kappa shape index (κ1) is 44.9. The van der Waals surface area contributed by atoms with E-state index >= 15 is 0 Å². The molecule has 0 unspecified atom stereocenters. The second kappa shape index (κ2) is 18.0. The number of Topliss-reactive ketones (excluding diaryl/α,β-unsaturated/α-hetero) is 1. The van der Waals surface area contributed by atoms with Crippen LogP contribution >= 0.6 is 0 Å². The van der Waals surface area contributed by atoms with E-state index in [2.05, 4.69) is 15.3 Å². The minimum absolute atomic E-state index is 0.0529. The molecule has 16 heteroatoms. The number of rotatable bonds is 4. The highest BCUT2D eigenvalue weighted by Gasteiger charge is 2.50. The third-order valence-corrected chi connectivity index (χ3v) is 12.1. The van der Waals surface area contributed by atoms with Gasteiger partial charge in [0.25, 0.3) is 11.7 Å². The number of nitrogens with zero attached hydrogens (tertiary/aromatic N) is 3. The molecule has 1 saturated heterocycles. The molecule has 1 amide bonds. The van der Waals surface area contributed by atoms with Gasteiger partial charge in [0.15, 0.2) is 5.75 Å². The van der Waals surface area contributed by atoms with Crippen molar-refractivity contribution in [2.45, 2.75) is 72.6 Å². The number of likely N-dealkylation sites (N-methyl/N-ethyl adjacent to an activating group) is 1.